The Bertz CT molecular complexity index is 632. The minimum atomic E-state index is 0.0289. The smallest absolute Gasteiger partial charge is 0.251 e. The second kappa shape index (κ2) is 5.92. The molecule has 1 amide bonds. The van der Waals surface area contributed by atoms with Crippen LogP contribution in [0.2, 0.25) is 0 Å². The predicted octanol–water partition coefficient (Wildman–Crippen LogP) is 4.34. The molecule has 3 heteroatoms. The molecular formula is C18H26N2O. The Kier molecular flexibility index (Phi) is 4.40. The summed E-state index contributed by atoms with van der Waals surface area (Å²) in [5, 5.41) is 2.98. The average molecular weight is 286 g/mol. The van der Waals surface area contributed by atoms with E-state index in [0.29, 0.717) is 5.92 Å². The molecule has 0 bridgehead atoms. The van der Waals surface area contributed by atoms with Gasteiger partial charge in [0.2, 0.25) is 0 Å². The van der Waals surface area contributed by atoms with Crippen molar-refractivity contribution in [2.45, 2.75) is 60.3 Å². The number of hydrogen-bond donors (Lipinski definition) is 2. The molecular weight excluding hydrogens is 260 g/mol. The topological polar surface area (TPSA) is 44.9 Å². The molecule has 2 heterocycles. The lowest BCUT2D eigenvalue weighted by Gasteiger charge is -2.09. The van der Waals surface area contributed by atoms with Gasteiger partial charge in [-0.05, 0) is 62.3 Å². The number of aryl methyl sites for hydroxylation is 1. The first kappa shape index (κ1) is 15.6. The van der Waals surface area contributed by atoms with Crippen molar-refractivity contribution in [3.05, 3.63) is 39.4 Å². The van der Waals surface area contributed by atoms with Gasteiger partial charge in [-0.25, -0.2) is 0 Å². The molecule has 0 saturated carbocycles. The minimum absolute atomic E-state index is 0.0289. The number of rotatable bonds is 4. The second-order valence-corrected chi connectivity index (χ2v) is 5.98. The molecule has 2 rings (SSSR count). The Labute approximate surface area is 127 Å². The van der Waals surface area contributed by atoms with Gasteiger partial charge in [0.25, 0.3) is 5.91 Å². The monoisotopic (exact) mass is 286 g/mol. The largest absolute Gasteiger partial charge is 0.359 e. The zero-order valence-electron chi connectivity index (χ0n) is 14.0. The number of aromatic amines is 1. The van der Waals surface area contributed by atoms with E-state index < -0.39 is 0 Å². The van der Waals surface area contributed by atoms with Crippen LogP contribution < -0.4 is 5.32 Å². The maximum Gasteiger partial charge on any atom is 0.251 e. The van der Waals surface area contributed by atoms with E-state index in [1.165, 1.54) is 16.8 Å². The van der Waals surface area contributed by atoms with Crippen molar-refractivity contribution in [3.63, 3.8) is 0 Å². The maximum atomic E-state index is 11.8. The van der Waals surface area contributed by atoms with Crippen LogP contribution in [-0.4, -0.2) is 10.9 Å². The summed E-state index contributed by atoms with van der Waals surface area (Å²) in [4.78, 5) is 15.3. The van der Waals surface area contributed by atoms with Gasteiger partial charge in [0, 0.05) is 22.7 Å². The van der Waals surface area contributed by atoms with Crippen molar-refractivity contribution in [3.8, 4) is 0 Å². The lowest BCUT2D eigenvalue weighted by molar-refractivity contribution is -0.116. The molecule has 0 radical (unpaired) electrons. The molecule has 0 unspecified atom stereocenters. The molecule has 0 spiro atoms. The first-order chi connectivity index (χ1) is 9.90. The molecule has 1 atom stereocenters. The molecule has 114 valence electrons. The molecule has 1 aromatic rings. The molecule has 0 saturated heterocycles. The van der Waals surface area contributed by atoms with Crippen LogP contribution in [0.3, 0.4) is 0 Å². The first-order valence-electron chi connectivity index (χ1n) is 7.82. The van der Waals surface area contributed by atoms with E-state index in [1.807, 2.05) is 6.92 Å². The lowest BCUT2D eigenvalue weighted by atomic mass is 9.94. The predicted molar refractivity (Wildman–Crippen MR) is 88.1 cm³/mol. The van der Waals surface area contributed by atoms with Crippen LogP contribution >= 0.6 is 0 Å². The zero-order valence-corrected chi connectivity index (χ0v) is 14.0. The third-order valence-electron chi connectivity index (χ3n) is 4.65. The number of hydrogen-bond acceptors (Lipinski definition) is 1. The van der Waals surface area contributed by atoms with Gasteiger partial charge in [0.05, 0.1) is 0 Å². The van der Waals surface area contributed by atoms with Gasteiger partial charge in [-0.15, -0.1) is 0 Å². The van der Waals surface area contributed by atoms with Crippen molar-refractivity contribution in [1.29, 1.82) is 0 Å². The number of carbonyl (C=O) groups is 1. The number of nitrogens with one attached hydrogen (secondary N) is 2. The maximum absolute atomic E-state index is 11.8. The van der Waals surface area contributed by atoms with Gasteiger partial charge in [0.1, 0.15) is 0 Å². The Morgan fingerprint density at radius 1 is 1.19 bits per heavy atom. The molecule has 1 aliphatic rings. The molecule has 0 fully saturated rings. The quantitative estimate of drug-likeness (QED) is 0.849. The molecule has 21 heavy (non-hydrogen) atoms. The van der Waals surface area contributed by atoms with E-state index in [4.69, 9.17) is 0 Å². The average Bonchev–Trinajstić information content (AvgIpc) is 2.87. The summed E-state index contributed by atoms with van der Waals surface area (Å²) in [6, 6.07) is 0. The summed E-state index contributed by atoms with van der Waals surface area (Å²) in [7, 11) is 0. The molecule has 2 N–H and O–H groups in total. The third-order valence-corrected chi connectivity index (χ3v) is 4.65. The number of allylic oxidation sites excluding steroid dienone is 1. The Morgan fingerprint density at radius 2 is 1.86 bits per heavy atom. The molecule has 1 aliphatic heterocycles. The van der Waals surface area contributed by atoms with Crippen LogP contribution in [0.15, 0.2) is 16.8 Å². The summed E-state index contributed by atoms with van der Waals surface area (Å²) < 4.78 is 0. The number of aromatic nitrogens is 1. The summed E-state index contributed by atoms with van der Waals surface area (Å²) in [6.45, 7) is 12.8. The van der Waals surface area contributed by atoms with Crippen molar-refractivity contribution < 1.29 is 4.79 Å². The number of carbonyl (C=O) groups excluding carboxylic acids is 1. The normalized spacial score (nSPS) is 18.6. The number of H-pyrrole nitrogens is 1. The van der Waals surface area contributed by atoms with Crippen LogP contribution in [0.5, 0.6) is 0 Å². The summed E-state index contributed by atoms with van der Waals surface area (Å²) in [5.74, 6) is 0.579. The Morgan fingerprint density at radius 3 is 2.43 bits per heavy atom. The van der Waals surface area contributed by atoms with E-state index >= 15 is 0 Å². The standard InChI is InChI=1S/C18H26N2O/c1-7-10(3)17-12(5)15(19-13(17)6)9-16-14(8-2)11(4)18(21)20-16/h9-10,19H,7-8H2,1-6H3,(H,20,21)/b16-9-/t10-/m0/s1. The summed E-state index contributed by atoms with van der Waals surface area (Å²) >= 11 is 0. The fraction of sp³-hybridized carbons (Fsp3) is 0.500. The Hall–Kier alpha value is -1.77. The van der Waals surface area contributed by atoms with Crippen molar-refractivity contribution in [2.75, 3.05) is 0 Å². The van der Waals surface area contributed by atoms with Crippen LogP contribution in [0.1, 0.15) is 69.0 Å². The summed E-state index contributed by atoms with van der Waals surface area (Å²) in [5.41, 5.74) is 7.95. The zero-order chi connectivity index (χ0) is 15.7. The molecule has 3 nitrogen and oxygen atoms in total. The SMILES string of the molecule is CCC1=C(C)C(=O)N/C1=C\c1[nH]c(C)c([C@@H](C)CC)c1C. The van der Waals surface area contributed by atoms with Crippen molar-refractivity contribution in [1.82, 2.24) is 10.3 Å². The van der Waals surface area contributed by atoms with Gasteiger partial charge >= 0.3 is 0 Å². The van der Waals surface area contributed by atoms with Crippen LogP contribution in [0.25, 0.3) is 6.08 Å². The minimum Gasteiger partial charge on any atom is -0.359 e. The van der Waals surface area contributed by atoms with E-state index in [1.54, 1.807) is 0 Å². The highest BCUT2D eigenvalue weighted by Crippen LogP contribution is 2.31. The van der Waals surface area contributed by atoms with Crippen molar-refractivity contribution >= 4 is 12.0 Å². The number of amides is 1. The van der Waals surface area contributed by atoms with Gasteiger partial charge in [-0.2, -0.15) is 0 Å². The van der Waals surface area contributed by atoms with Crippen LogP contribution in [0.4, 0.5) is 0 Å². The van der Waals surface area contributed by atoms with Crippen LogP contribution in [-0.2, 0) is 4.79 Å². The van der Waals surface area contributed by atoms with Gasteiger partial charge in [0.15, 0.2) is 0 Å². The van der Waals surface area contributed by atoms with Gasteiger partial charge in [-0.3, -0.25) is 4.79 Å². The highest BCUT2D eigenvalue weighted by atomic mass is 16.1. The Balaban J connectivity index is 2.46. The third kappa shape index (κ3) is 2.69. The van der Waals surface area contributed by atoms with E-state index in [2.05, 4.69) is 51.0 Å². The lowest BCUT2D eigenvalue weighted by Crippen LogP contribution is -2.15. The van der Waals surface area contributed by atoms with E-state index in [0.717, 1.165) is 35.4 Å². The molecule has 0 aromatic carbocycles. The molecule has 1 aromatic heterocycles. The van der Waals surface area contributed by atoms with Gasteiger partial charge < -0.3 is 10.3 Å². The van der Waals surface area contributed by atoms with Crippen molar-refractivity contribution in [2.24, 2.45) is 0 Å². The first-order valence-corrected chi connectivity index (χ1v) is 7.82. The molecule has 0 aliphatic carbocycles. The fourth-order valence-electron chi connectivity index (χ4n) is 3.23. The highest BCUT2D eigenvalue weighted by molar-refractivity contribution is 6.00. The van der Waals surface area contributed by atoms with E-state index in [9.17, 15) is 4.79 Å². The summed E-state index contributed by atoms with van der Waals surface area (Å²) in [6.07, 6.45) is 4.08. The fourth-order valence-corrected chi connectivity index (χ4v) is 3.23. The van der Waals surface area contributed by atoms with E-state index in [-0.39, 0.29) is 5.91 Å². The highest BCUT2D eigenvalue weighted by Gasteiger charge is 2.23. The van der Waals surface area contributed by atoms with Gasteiger partial charge in [-0.1, -0.05) is 20.8 Å². The second-order valence-electron chi connectivity index (χ2n) is 5.98. The van der Waals surface area contributed by atoms with Crippen LogP contribution in [0, 0.1) is 13.8 Å².